The van der Waals surface area contributed by atoms with E-state index in [0.29, 0.717) is 6.04 Å². The molecule has 2 heterocycles. The molecule has 0 radical (unpaired) electrons. The Hall–Kier alpha value is -0.160. The molecule has 17 heavy (non-hydrogen) atoms. The zero-order chi connectivity index (χ0) is 12.3. The Kier molecular flexibility index (Phi) is 4.42. The standard InChI is InChI=1S/C13H28N4/c1-13(2,11-15-12-4-5-14-10-12)17-8-6-16(3)7-9-17/h12,14-15H,4-11H2,1-3H3. The SMILES string of the molecule is CN1CCN(C(C)(C)CNC2CCNC2)CC1. The fraction of sp³-hybridized carbons (Fsp3) is 1.00. The molecule has 1 atom stereocenters. The zero-order valence-electron chi connectivity index (χ0n) is 11.6. The molecule has 0 saturated carbocycles. The highest BCUT2D eigenvalue weighted by Crippen LogP contribution is 2.16. The Labute approximate surface area is 106 Å². The normalized spacial score (nSPS) is 28.8. The Bertz CT molecular complexity index is 228. The molecule has 2 aliphatic rings. The molecule has 0 aromatic heterocycles. The van der Waals surface area contributed by atoms with Crippen LogP contribution in [-0.4, -0.2) is 74.2 Å². The van der Waals surface area contributed by atoms with E-state index in [1.165, 1.54) is 39.1 Å². The monoisotopic (exact) mass is 240 g/mol. The first kappa shape index (κ1) is 13.3. The molecular weight excluding hydrogens is 212 g/mol. The summed E-state index contributed by atoms with van der Waals surface area (Å²) in [5.41, 5.74) is 0.282. The lowest BCUT2D eigenvalue weighted by Gasteiger charge is -2.43. The van der Waals surface area contributed by atoms with E-state index in [-0.39, 0.29) is 5.54 Å². The number of hydrogen-bond acceptors (Lipinski definition) is 4. The van der Waals surface area contributed by atoms with E-state index in [2.05, 4.69) is 41.3 Å². The Balaban J connectivity index is 1.76. The Morgan fingerprint density at radius 2 is 1.94 bits per heavy atom. The minimum absolute atomic E-state index is 0.282. The first-order valence-corrected chi connectivity index (χ1v) is 6.96. The summed E-state index contributed by atoms with van der Waals surface area (Å²) in [6.07, 6.45) is 1.28. The lowest BCUT2D eigenvalue weighted by Crippen LogP contribution is -2.58. The quantitative estimate of drug-likeness (QED) is 0.722. The Morgan fingerprint density at radius 1 is 1.24 bits per heavy atom. The summed E-state index contributed by atoms with van der Waals surface area (Å²) in [6, 6.07) is 0.682. The fourth-order valence-electron chi connectivity index (χ4n) is 2.75. The molecular formula is C13H28N4. The highest BCUT2D eigenvalue weighted by molar-refractivity contribution is 4.89. The lowest BCUT2D eigenvalue weighted by molar-refractivity contribution is 0.0605. The van der Waals surface area contributed by atoms with E-state index >= 15 is 0 Å². The van der Waals surface area contributed by atoms with E-state index in [9.17, 15) is 0 Å². The summed E-state index contributed by atoms with van der Waals surface area (Å²) in [7, 11) is 2.22. The van der Waals surface area contributed by atoms with Gasteiger partial charge in [-0.25, -0.2) is 0 Å². The third-order valence-electron chi connectivity index (χ3n) is 4.24. The second-order valence-corrected chi connectivity index (χ2v) is 6.17. The van der Waals surface area contributed by atoms with E-state index in [0.717, 1.165) is 13.1 Å². The van der Waals surface area contributed by atoms with Crippen molar-refractivity contribution in [1.29, 1.82) is 0 Å². The smallest absolute Gasteiger partial charge is 0.0278 e. The molecule has 2 fully saturated rings. The third-order valence-corrected chi connectivity index (χ3v) is 4.24. The Morgan fingerprint density at radius 3 is 2.53 bits per heavy atom. The molecule has 2 aliphatic heterocycles. The molecule has 0 aliphatic carbocycles. The molecule has 0 aromatic carbocycles. The van der Waals surface area contributed by atoms with E-state index in [1.54, 1.807) is 0 Å². The number of rotatable bonds is 4. The summed E-state index contributed by atoms with van der Waals surface area (Å²) < 4.78 is 0. The molecule has 2 saturated heterocycles. The highest BCUT2D eigenvalue weighted by Gasteiger charge is 2.29. The van der Waals surface area contributed by atoms with Crippen molar-refractivity contribution in [3.05, 3.63) is 0 Å². The lowest BCUT2D eigenvalue weighted by atomic mass is 10.0. The van der Waals surface area contributed by atoms with Crippen LogP contribution in [0, 0.1) is 0 Å². The van der Waals surface area contributed by atoms with Crippen LogP contribution in [0.1, 0.15) is 20.3 Å². The maximum atomic E-state index is 3.71. The van der Waals surface area contributed by atoms with Crippen LogP contribution in [0.2, 0.25) is 0 Å². The molecule has 4 heteroatoms. The van der Waals surface area contributed by atoms with Crippen LogP contribution < -0.4 is 10.6 Å². The van der Waals surface area contributed by atoms with Crippen LogP contribution in [0.15, 0.2) is 0 Å². The summed E-state index contributed by atoms with van der Waals surface area (Å²) in [5, 5.41) is 7.12. The largest absolute Gasteiger partial charge is 0.315 e. The van der Waals surface area contributed by atoms with Gasteiger partial charge in [-0.2, -0.15) is 0 Å². The van der Waals surface area contributed by atoms with E-state index in [4.69, 9.17) is 0 Å². The molecule has 0 bridgehead atoms. The van der Waals surface area contributed by atoms with Crippen molar-refractivity contribution in [2.45, 2.75) is 31.8 Å². The van der Waals surface area contributed by atoms with Crippen LogP contribution in [0.5, 0.6) is 0 Å². The van der Waals surface area contributed by atoms with Crippen LogP contribution in [-0.2, 0) is 0 Å². The molecule has 2 N–H and O–H groups in total. The number of piperazine rings is 1. The number of hydrogen-bond donors (Lipinski definition) is 2. The summed E-state index contributed by atoms with van der Waals surface area (Å²) in [6.45, 7) is 13.0. The summed E-state index contributed by atoms with van der Waals surface area (Å²) >= 11 is 0. The molecule has 2 rings (SSSR count). The molecule has 0 spiro atoms. The van der Waals surface area contributed by atoms with Gasteiger partial charge in [0.15, 0.2) is 0 Å². The predicted octanol–water partition coefficient (Wildman–Crippen LogP) is -0.0361. The second kappa shape index (κ2) is 5.65. The fourth-order valence-corrected chi connectivity index (χ4v) is 2.75. The van der Waals surface area contributed by atoms with Gasteiger partial charge in [-0.1, -0.05) is 0 Å². The van der Waals surface area contributed by atoms with Gasteiger partial charge in [-0.3, -0.25) is 4.90 Å². The van der Waals surface area contributed by atoms with Gasteiger partial charge >= 0.3 is 0 Å². The van der Waals surface area contributed by atoms with Crippen molar-refractivity contribution in [2.24, 2.45) is 0 Å². The minimum atomic E-state index is 0.282. The van der Waals surface area contributed by atoms with Gasteiger partial charge in [0.05, 0.1) is 0 Å². The van der Waals surface area contributed by atoms with Crippen molar-refractivity contribution in [2.75, 3.05) is 52.9 Å². The van der Waals surface area contributed by atoms with Gasteiger partial charge < -0.3 is 15.5 Å². The van der Waals surface area contributed by atoms with Crippen LogP contribution in [0.3, 0.4) is 0 Å². The average Bonchev–Trinajstić information content (AvgIpc) is 2.80. The average molecular weight is 240 g/mol. The molecule has 100 valence electrons. The number of likely N-dealkylation sites (N-methyl/N-ethyl adjacent to an activating group) is 1. The van der Waals surface area contributed by atoms with Crippen molar-refractivity contribution in [3.8, 4) is 0 Å². The third kappa shape index (κ3) is 3.65. The molecule has 0 aromatic rings. The van der Waals surface area contributed by atoms with Crippen LogP contribution in [0.4, 0.5) is 0 Å². The van der Waals surface area contributed by atoms with Crippen LogP contribution in [0.25, 0.3) is 0 Å². The first-order chi connectivity index (χ1) is 8.08. The minimum Gasteiger partial charge on any atom is -0.315 e. The van der Waals surface area contributed by atoms with Crippen LogP contribution >= 0.6 is 0 Å². The predicted molar refractivity (Wildman–Crippen MR) is 72.4 cm³/mol. The van der Waals surface area contributed by atoms with E-state index in [1.807, 2.05) is 0 Å². The molecule has 1 unspecified atom stereocenters. The van der Waals surface area contributed by atoms with Gasteiger partial charge in [0.1, 0.15) is 0 Å². The van der Waals surface area contributed by atoms with Gasteiger partial charge in [0, 0.05) is 50.8 Å². The van der Waals surface area contributed by atoms with Gasteiger partial charge in [-0.15, -0.1) is 0 Å². The topological polar surface area (TPSA) is 30.5 Å². The van der Waals surface area contributed by atoms with Crippen molar-refractivity contribution in [1.82, 2.24) is 20.4 Å². The maximum Gasteiger partial charge on any atom is 0.0278 e. The van der Waals surface area contributed by atoms with Gasteiger partial charge in [-0.05, 0) is 33.9 Å². The van der Waals surface area contributed by atoms with Gasteiger partial charge in [0.25, 0.3) is 0 Å². The maximum absolute atomic E-state index is 3.71. The zero-order valence-corrected chi connectivity index (χ0v) is 11.6. The van der Waals surface area contributed by atoms with Crippen molar-refractivity contribution >= 4 is 0 Å². The summed E-state index contributed by atoms with van der Waals surface area (Å²) in [4.78, 5) is 5.04. The van der Waals surface area contributed by atoms with Gasteiger partial charge in [0.2, 0.25) is 0 Å². The molecule has 4 nitrogen and oxygen atoms in total. The van der Waals surface area contributed by atoms with Crippen molar-refractivity contribution in [3.63, 3.8) is 0 Å². The summed E-state index contributed by atoms with van der Waals surface area (Å²) in [5.74, 6) is 0. The number of nitrogens with one attached hydrogen (secondary N) is 2. The highest BCUT2D eigenvalue weighted by atomic mass is 15.3. The van der Waals surface area contributed by atoms with E-state index < -0.39 is 0 Å². The first-order valence-electron chi connectivity index (χ1n) is 6.96. The number of nitrogens with zero attached hydrogens (tertiary/aromatic N) is 2. The molecule has 0 amide bonds. The second-order valence-electron chi connectivity index (χ2n) is 6.17. The van der Waals surface area contributed by atoms with Crippen molar-refractivity contribution < 1.29 is 0 Å².